The number of piperidine rings is 1. The lowest BCUT2D eigenvalue weighted by atomic mass is 9.75. The third kappa shape index (κ3) is 4.14. The summed E-state index contributed by atoms with van der Waals surface area (Å²) >= 11 is 0. The summed E-state index contributed by atoms with van der Waals surface area (Å²) in [5.41, 5.74) is 3.26. The monoisotopic (exact) mass is 235 g/mol. The first kappa shape index (κ1) is 14.2. The van der Waals surface area contributed by atoms with Crippen LogP contribution in [0.5, 0.6) is 0 Å². The van der Waals surface area contributed by atoms with Crippen LogP contribution in [0.15, 0.2) is 24.3 Å². The molecule has 0 bridgehead atoms. The highest BCUT2D eigenvalue weighted by Gasteiger charge is 2.28. The lowest BCUT2D eigenvalue weighted by Gasteiger charge is -2.34. The summed E-state index contributed by atoms with van der Waals surface area (Å²) in [5.74, 6) is 0. The van der Waals surface area contributed by atoms with Crippen LogP contribution in [0.2, 0.25) is 0 Å². The van der Waals surface area contributed by atoms with Crippen LogP contribution < -0.4 is 5.32 Å². The van der Waals surface area contributed by atoms with Crippen molar-refractivity contribution in [3.05, 3.63) is 35.4 Å². The first-order valence-corrected chi connectivity index (χ1v) is 6.51. The lowest BCUT2D eigenvalue weighted by molar-refractivity contribution is 0.318. The second-order valence-electron chi connectivity index (χ2n) is 4.99. The van der Waals surface area contributed by atoms with Crippen LogP contribution in [0.1, 0.15) is 37.8 Å². The molecule has 2 rings (SSSR count). The van der Waals surface area contributed by atoms with Crippen molar-refractivity contribution >= 4 is 0 Å². The molecule has 1 aliphatic heterocycles. The molecule has 2 heteroatoms. The van der Waals surface area contributed by atoms with E-state index in [1.54, 1.807) is 6.92 Å². The van der Waals surface area contributed by atoms with Crippen molar-refractivity contribution in [3.8, 4) is 0 Å². The van der Waals surface area contributed by atoms with Gasteiger partial charge in [0.2, 0.25) is 0 Å². The van der Waals surface area contributed by atoms with Crippen LogP contribution in [-0.2, 0) is 5.41 Å². The molecule has 1 saturated heterocycles. The Hall–Kier alpha value is -0.860. The lowest BCUT2D eigenvalue weighted by Crippen LogP contribution is -2.37. The molecule has 96 valence electrons. The van der Waals surface area contributed by atoms with Crippen molar-refractivity contribution < 1.29 is 5.11 Å². The van der Waals surface area contributed by atoms with Crippen molar-refractivity contribution in [2.45, 2.75) is 39.0 Å². The largest absolute Gasteiger partial charge is 0.397 e. The molecule has 0 amide bonds. The van der Waals surface area contributed by atoms with Gasteiger partial charge in [0.05, 0.1) is 0 Å². The summed E-state index contributed by atoms with van der Waals surface area (Å²) in [6, 6.07) is 9.03. The van der Waals surface area contributed by atoms with E-state index >= 15 is 0 Å². The molecule has 2 nitrogen and oxygen atoms in total. The fraction of sp³-hybridized carbons (Fsp3) is 0.600. The number of rotatable bonds is 1. The van der Waals surface area contributed by atoms with Crippen LogP contribution in [0.25, 0.3) is 0 Å². The van der Waals surface area contributed by atoms with E-state index in [9.17, 15) is 0 Å². The first-order chi connectivity index (χ1) is 8.12. The molecule has 17 heavy (non-hydrogen) atoms. The maximum atomic E-state index is 7.57. The molecular formula is C15H25NO. The highest BCUT2D eigenvalue weighted by molar-refractivity contribution is 5.28. The zero-order valence-corrected chi connectivity index (χ0v) is 11.3. The first-order valence-electron chi connectivity index (χ1n) is 6.51. The van der Waals surface area contributed by atoms with Gasteiger partial charge in [0.15, 0.2) is 0 Å². The average Bonchev–Trinajstić information content (AvgIpc) is 2.31. The molecule has 1 fully saturated rings. The maximum Gasteiger partial charge on any atom is 0.0402 e. The standard InChI is InChI=1S/C13H19N.C2H6O/c1-11-3-5-12(6-4-11)13(2)7-9-14-10-8-13;1-2-3/h3-6,14H,7-10H2,1-2H3;3H,2H2,1H3. The molecule has 1 aromatic carbocycles. The molecule has 0 radical (unpaired) electrons. The fourth-order valence-corrected chi connectivity index (χ4v) is 2.22. The van der Waals surface area contributed by atoms with E-state index in [2.05, 4.69) is 43.4 Å². The second-order valence-corrected chi connectivity index (χ2v) is 4.99. The molecule has 0 aromatic heterocycles. The molecule has 0 spiro atoms. The minimum absolute atomic E-state index is 0.250. The van der Waals surface area contributed by atoms with Gasteiger partial charge in [0.25, 0.3) is 0 Å². The van der Waals surface area contributed by atoms with E-state index in [0.29, 0.717) is 5.41 Å². The Morgan fingerprint density at radius 1 is 1.18 bits per heavy atom. The van der Waals surface area contributed by atoms with Crippen LogP contribution in [0.3, 0.4) is 0 Å². The summed E-state index contributed by atoms with van der Waals surface area (Å²) < 4.78 is 0. The summed E-state index contributed by atoms with van der Waals surface area (Å²) in [7, 11) is 0. The van der Waals surface area contributed by atoms with Gasteiger partial charge >= 0.3 is 0 Å². The minimum Gasteiger partial charge on any atom is -0.397 e. The predicted molar refractivity (Wildman–Crippen MR) is 73.4 cm³/mol. The zero-order valence-electron chi connectivity index (χ0n) is 11.3. The van der Waals surface area contributed by atoms with Crippen molar-refractivity contribution in [1.82, 2.24) is 5.32 Å². The van der Waals surface area contributed by atoms with Gasteiger partial charge in [-0.1, -0.05) is 36.8 Å². The quantitative estimate of drug-likeness (QED) is 0.784. The number of aliphatic hydroxyl groups excluding tert-OH is 1. The number of aryl methyl sites for hydroxylation is 1. The smallest absolute Gasteiger partial charge is 0.0402 e. The van der Waals surface area contributed by atoms with Gasteiger partial charge in [0, 0.05) is 6.61 Å². The van der Waals surface area contributed by atoms with E-state index in [0.717, 1.165) is 13.1 Å². The summed E-state index contributed by atoms with van der Waals surface area (Å²) in [5, 5.41) is 11.0. The summed E-state index contributed by atoms with van der Waals surface area (Å²) in [6.45, 7) is 8.78. The number of benzene rings is 1. The van der Waals surface area contributed by atoms with Crippen molar-refractivity contribution in [3.63, 3.8) is 0 Å². The Morgan fingerprint density at radius 3 is 2.12 bits per heavy atom. The Labute approximate surface area is 105 Å². The fourth-order valence-electron chi connectivity index (χ4n) is 2.22. The van der Waals surface area contributed by atoms with Gasteiger partial charge in [-0.15, -0.1) is 0 Å². The molecule has 1 aliphatic rings. The van der Waals surface area contributed by atoms with Crippen LogP contribution in [-0.4, -0.2) is 24.8 Å². The van der Waals surface area contributed by atoms with Gasteiger partial charge in [-0.05, 0) is 50.8 Å². The minimum atomic E-state index is 0.250. The van der Waals surface area contributed by atoms with Crippen LogP contribution in [0, 0.1) is 6.92 Å². The van der Waals surface area contributed by atoms with E-state index < -0.39 is 0 Å². The predicted octanol–water partition coefficient (Wildman–Crippen LogP) is 2.63. The molecule has 0 aliphatic carbocycles. The molecular weight excluding hydrogens is 210 g/mol. The van der Waals surface area contributed by atoms with E-state index in [1.807, 2.05) is 0 Å². The highest BCUT2D eigenvalue weighted by Crippen LogP contribution is 2.32. The SMILES string of the molecule is CCO.Cc1ccc(C2(C)CCNCC2)cc1. The summed E-state index contributed by atoms with van der Waals surface area (Å²) in [4.78, 5) is 0. The average molecular weight is 235 g/mol. The third-order valence-electron chi connectivity index (χ3n) is 3.46. The molecule has 1 heterocycles. The summed E-state index contributed by atoms with van der Waals surface area (Å²) in [6.07, 6.45) is 2.52. The molecule has 2 N–H and O–H groups in total. The molecule has 0 saturated carbocycles. The number of nitrogens with one attached hydrogen (secondary N) is 1. The highest BCUT2D eigenvalue weighted by atomic mass is 16.2. The topological polar surface area (TPSA) is 32.3 Å². The molecule has 0 atom stereocenters. The van der Waals surface area contributed by atoms with Crippen molar-refractivity contribution in [2.24, 2.45) is 0 Å². The normalized spacial score (nSPS) is 18.1. The maximum absolute atomic E-state index is 7.57. The van der Waals surface area contributed by atoms with E-state index in [1.165, 1.54) is 24.0 Å². The van der Waals surface area contributed by atoms with Crippen molar-refractivity contribution in [2.75, 3.05) is 19.7 Å². The van der Waals surface area contributed by atoms with Crippen molar-refractivity contribution in [1.29, 1.82) is 0 Å². The molecule has 0 unspecified atom stereocenters. The van der Waals surface area contributed by atoms with Gasteiger partial charge in [-0.3, -0.25) is 0 Å². The van der Waals surface area contributed by atoms with E-state index in [4.69, 9.17) is 5.11 Å². The number of hydrogen-bond donors (Lipinski definition) is 2. The van der Waals surface area contributed by atoms with Gasteiger partial charge in [0.1, 0.15) is 0 Å². The van der Waals surface area contributed by atoms with Crippen LogP contribution in [0.4, 0.5) is 0 Å². The van der Waals surface area contributed by atoms with E-state index in [-0.39, 0.29) is 6.61 Å². The molecule has 1 aromatic rings. The Balaban J connectivity index is 0.000000437. The number of hydrogen-bond acceptors (Lipinski definition) is 2. The second kappa shape index (κ2) is 6.77. The zero-order chi connectivity index (χ0) is 12.7. The Bertz CT molecular complexity index is 312. The van der Waals surface area contributed by atoms with Gasteiger partial charge in [-0.25, -0.2) is 0 Å². The Morgan fingerprint density at radius 2 is 1.65 bits per heavy atom. The van der Waals surface area contributed by atoms with Gasteiger partial charge < -0.3 is 10.4 Å². The number of aliphatic hydroxyl groups is 1. The Kier molecular flexibility index (Phi) is 5.66. The van der Waals surface area contributed by atoms with Gasteiger partial charge in [-0.2, -0.15) is 0 Å². The van der Waals surface area contributed by atoms with Crippen LogP contribution >= 0.6 is 0 Å². The third-order valence-corrected chi connectivity index (χ3v) is 3.46.